The number of hydrogen-bond acceptors (Lipinski definition) is 5. The summed E-state index contributed by atoms with van der Waals surface area (Å²) in [6.07, 6.45) is 3.56. The van der Waals surface area contributed by atoms with Gasteiger partial charge in [-0.1, -0.05) is 26.2 Å². The highest BCUT2D eigenvalue weighted by Crippen LogP contribution is 2.05. The second-order valence-corrected chi connectivity index (χ2v) is 3.90. The lowest BCUT2D eigenvalue weighted by Crippen LogP contribution is -2.27. The van der Waals surface area contributed by atoms with E-state index >= 15 is 0 Å². The zero-order valence-corrected chi connectivity index (χ0v) is 13.5. The van der Waals surface area contributed by atoms with Gasteiger partial charge in [0.2, 0.25) is 0 Å². The van der Waals surface area contributed by atoms with Gasteiger partial charge in [0, 0.05) is 13.0 Å². The van der Waals surface area contributed by atoms with E-state index in [0.29, 0.717) is 6.42 Å². The highest BCUT2D eigenvalue weighted by Gasteiger charge is 2.18. The van der Waals surface area contributed by atoms with Crippen molar-refractivity contribution in [2.24, 2.45) is 5.73 Å². The largest absolute Gasteiger partial charge is 0.462 e. The fraction of sp³-hybridized carbons (Fsp3) is 0.833. The molecule has 0 aliphatic heterocycles. The molecule has 0 aliphatic rings. The van der Waals surface area contributed by atoms with Gasteiger partial charge in [0.05, 0.1) is 0 Å². The molecule has 0 fully saturated rings. The molecule has 1 unspecified atom stereocenters. The summed E-state index contributed by atoms with van der Waals surface area (Å²) in [5.74, 6) is -0.893. The molecule has 0 saturated heterocycles. The van der Waals surface area contributed by atoms with Crippen LogP contribution in [0.1, 0.15) is 46.0 Å². The van der Waals surface area contributed by atoms with Crippen molar-refractivity contribution < 1.29 is 19.1 Å². The minimum atomic E-state index is -0.847. The van der Waals surface area contributed by atoms with Gasteiger partial charge in [0.1, 0.15) is 6.61 Å². The minimum absolute atomic E-state index is 0. The van der Waals surface area contributed by atoms with Crippen molar-refractivity contribution in [3.05, 3.63) is 0 Å². The Balaban J connectivity index is 0. The molecule has 0 heterocycles. The fourth-order valence-corrected chi connectivity index (χ4v) is 1.28. The van der Waals surface area contributed by atoms with Crippen LogP contribution in [-0.4, -0.2) is 31.2 Å². The SMILES string of the molecule is CCCCCCC(=O)OC(C)C(=O)OCCN.I. The lowest BCUT2D eigenvalue weighted by molar-refractivity contribution is -0.166. The Morgan fingerprint density at radius 1 is 1.22 bits per heavy atom. The number of rotatable bonds is 9. The van der Waals surface area contributed by atoms with Crippen LogP contribution in [0.5, 0.6) is 0 Å². The predicted octanol–water partition coefficient (Wildman–Crippen LogP) is 2.01. The molecular weight excluding hydrogens is 349 g/mol. The Kier molecular flexibility index (Phi) is 14.5. The topological polar surface area (TPSA) is 78.6 Å². The van der Waals surface area contributed by atoms with Gasteiger partial charge in [-0.3, -0.25) is 4.79 Å². The quantitative estimate of drug-likeness (QED) is 0.380. The average Bonchev–Trinajstić information content (AvgIpc) is 2.31. The van der Waals surface area contributed by atoms with E-state index in [-0.39, 0.29) is 43.1 Å². The molecule has 0 radical (unpaired) electrons. The Bertz CT molecular complexity index is 236. The monoisotopic (exact) mass is 373 g/mol. The van der Waals surface area contributed by atoms with Crippen LogP contribution < -0.4 is 5.73 Å². The van der Waals surface area contributed by atoms with Crippen molar-refractivity contribution in [2.75, 3.05) is 13.2 Å². The number of esters is 2. The number of unbranched alkanes of at least 4 members (excludes halogenated alkanes) is 3. The molecule has 0 aromatic rings. The third-order valence-electron chi connectivity index (χ3n) is 2.24. The maximum atomic E-state index is 11.3. The van der Waals surface area contributed by atoms with E-state index in [4.69, 9.17) is 15.2 Å². The molecule has 18 heavy (non-hydrogen) atoms. The number of nitrogens with two attached hydrogens (primary N) is 1. The maximum Gasteiger partial charge on any atom is 0.347 e. The van der Waals surface area contributed by atoms with Crippen LogP contribution in [0.4, 0.5) is 0 Å². The van der Waals surface area contributed by atoms with Gasteiger partial charge in [-0.05, 0) is 13.3 Å². The second-order valence-electron chi connectivity index (χ2n) is 3.90. The first-order chi connectivity index (χ1) is 8.11. The molecule has 0 rings (SSSR count). The van der Waals surface area contributed by atoms with Crippen molar-refractivity contribution in [3.63, 3.8) is 0 Å². The molecule has 0 aromatic carbocycles. The van der Waals surface area contributed by atoms with Crippen molar-refractivity contribution in [3.8, 4) is 0 Å². The van der Waals surface area contributed by atoms with E-state index in [2.05, 4.69) is 6.92 Å². The molecule has 1 atom stereocenters. The summed E-state index contributed by atoms with van der Waals surface area (Å²) in [6, 6.07) is 0. The highest BCUT2D eigenvalue weighted by atomic mass is 127. The van der Waals surface area contributed by atoms with E-state index in [0.717, 1.165) is 25.7 Å². The molecule has 5 nitrogen and oxygen atoms in total. The van der Waals surface area contributed by atoms with Crippen LogP contribution in [0.2, 0.25) is 0 Å². The molecular formula is C12H24INO4. The standard InChI is InChI=1S/C12H23NO4.HI/c1-3-4-5-6-7-11(14)17-10(2)12(15)16-9-8-13;/h10H,3-9,13H2,1-2H3;1H. The molecule has 108 valence electrons. The summed E-state index contributed by atoms with van der Waals surface area (Å²) in [6.45, 7) is 4.03. The van der Waals surface area contributed by atoms with Gasteiger partial charge in [-0.25, -0.2) is 4.79 Å². The third kappa shape index (κ3) is 10.8. The highest BCUT2D eigenvalue weighted by molar-refractivity contribution is 14.0. The molecule has 0 spiro atoms. The first-order valence-corrected chi connectivity index (χ1v) is 6.18. The van der Waals surface area contributed by atoms with Crippen LogP contribution >= 0.6 is 24.0 Å². The molecule has 0 aliphatic carbocycles. The first kappa shape index (κ1) is 20.0. The zero-order chi connectivity index (χ0) is 13.1. The molecule has 2 N–H and O–H groups in total. The van der Waals surface area contributed by atoms with Crippen LogP contribution in [0, 0.1) is 0 Å². The summed E-state index contributed by atoms with van der Waals surface area (Å²) >= 11 is 0. The van der Waals surface area contributed by atoms with Gasteiger partial charge >= 0.3 is 11.9 Å². The van der Waals surface area contributed by atoms with Crippen molar-refractivity contribution in [1.29, 1.82) is 0 Å². The Morgan fingerprint density at radius 3 is 2.44 bits per heavy atom. The van der Waals surface area contributed by atoms with Gasteiger partial charge in [-0.15, -0.1) is 24.0 Å². The van der Waals surface area contributed by atoms with Gasteiger partial charge < -0.3 is 15.2 Å². The van der Waals surface area contributed by atoms with E-state index in [9.17, 15) is 9.59 Å². The molecule has 0 amide bonds. The number of carbonyl (C=O) groups is 2. The summed E-state index contributed by atoms with van der Waals surface area (Å²) in [5, 5.41) is 0. The summed E-state index contributed by atoms with van der Waals surface area (Å²) in [4.78, 5) is 22.6. The average molecular weight is 373 g/mol. The van der Waals surface area contributed by atoms with Crippen molar-refractivity contribution in [2.45, 2.75) is 52.1 Å². The molecule has 0 aromatic heterocycles. The van der Waals surface area contributed by atoms with Crippen molar-refractivity contribution in [1.82, 2.24) is 0 Å². The maximum absolute atomic E-state index is 11.3. The van der Waals surface area contributed by atoms with Crippen LogP contribution in [0.3, 0.4) is 0 Å². The Hall–Kier alpha value is -0.370. The fourth-order valence-electron chi connectivity index (χ4n) is 1.28. The van der Waals surface area contributed by atoms with Crippen LogP contribution in [-0.2, 0) is 19.1 Å². The lowest BCUT2D eigenvalue weighted by atomic mass is 10.1. The predicted molar refractivity (Wildman–Crippen MR) is 79.7 cm³/mol. The normalized spacial score (nSPS) is 11.3. The first-order valence-electron chi connectivity index (χ1n) is 6.18. The number of hydrogen-bond donors (Lipinski definition) is 1. The smallest absolute Gasteiger partial charge is 0.347 e. The number of ether oxygens (including phenoxy) is 2. The lowest BCUT2D eigenvalue weighted by Gasteiger charge is -2.12. The van der Waals surface area contributed by atoms with E-state index in [1.54, 1.807) is 0 Å². The molecule has 0 bridgehead atoms. The van der Waals surface area contributed by atoms with Crippen molar-refractivity contribution >= 4 is 35.9 Å². The second kappa shape index (κ2) is 13.1. The van der Waals surface area contributed by atoms with E-state index < -0.39 is 12.1 Å². The van der Waals surface area contributed by atoms with Gasteiger partial charge in [-0.2, -0.15) is 0 Å². The van der Waals surface area contributed by atoms with Crippen LogP contribution in [0.25, 0.3) is 0 Å². The third-order valence-corrected chi connectivity index (χ3v) is 2.24. The van der Waals surface area contributed by atoms with Gasteiger partial charge in [0.15, 0.2) is 6.10 Å². The molecule has 6 heteroatoms. The molecule has 0 saturated carbocycles. The summed E-state index contributed by atoms with van der Waals surface area (Å²) < 4.78 is 9.69. The summed E-state index contributed by atoms with van der Waals surface area (Å²) in [5.41, 5.74) is 5.19. The van der Waals surface area contributed by atoms with Gasteiger partial charge in [0.25, 0.3) is 0 Å². The Labute approximate surface area is 126 Å². The minimum Gasteiger partial charge on any atom is -0.462 e. The van der Waals surface area contributed by atoms with E-state index in [1.165, 1.54) is 6.92 Å². The van der Waals surface area contributed by atoms with Crippen LogP contribution in [0.15, 0.2) is 0 Å². The van der Waals surface area contributed by atoms with E-state index in [1.807, 2.05) is 0 Å². The summed E-state index contributed by atoms with van der Waals surface area (Å²) in [7, 11) is 0. The number of halogens is 1. The Morgan fingerprint density at radius 2 is 1.89 bits per heavy atom. The zero-order valence-electron chi connectivity index (χ0n) is 11.1. The number of carbonyl (C=O) groups excluding carboxylic acids is 2.